The summed E-state index contributed by atoms with van der Waals surface area (Å²) in [6.45, 7) is 3.88. The van der Waals surface area contributed by atoms with Gasteiger partial charge in [0.15, 0.2) is 0 Å². The first-order chi connectivity index (χ1) is 10.5. The van der Waals surface area contributed by atoms with Gasteiger partial charge in [0.2, 0.25) is 11.8 Å². The summed E-state index contributed by atoms with van der Waals surface area (Å²) >= 11 is 0. The minimum Gasteiger partial charge on any atom is -0.375 e. The average molecular weight is 308 g/mol. The van der Waals surface area contributed by atoms with Gasteiger partial charge in [0.05, 0.1) is 12.1 Å². The Kier molecular flexibility index (Phi) is 7.56. The van der Waals surface area contributed by atoms with E-state index in [1.54, 1.807) is 0 Å². The van der Waals surface area contributed by atoms with Crippen molar-refractivity contribution in [3.05, 3.63) is 35.4 Å². The third kappa shape index (κ3) is 5.83. The van der Waals surface area contributed by atoms with Gasteiger partial charge in [-0.25, -0.2) is 0 Å². The van der Waals surface area contributed by atoms with E-state index in [0.29, 0.717) is 0 Å². The zero-order valence-electron chi connectivity index (χ0n) is 13.5. The van der Waals surface area contributed by atoms with Crippen LogP contribution in [0, 0.1) is 0 Å². The third-order valence-corrected chi connectivity index (χ3v) is 3.22. The van der Waals surface area contributed by atoms with Crippen LogP contribution in [0.2, 0.25) is 0 Å². The molecule has 6 nitrogen and oxygen atoms in total. The number of ether oxygens (including phenoxy) is 2. The molecule has 1 aromatic carbocycles. The SMILES string of the molecule is COCC(=O)NC(C)c1cccc(C(C)NC(=O)COC)c1. The highest BCUT2D eigenvalue weighted by Gasteiger charge is 2.13. The Balaban J connectivity index is 2.72. The summed E-state index contributed by atoms with van der Waals surface area (Å²) in [5, 5.41) is 5.71. The van der Waals surface area contributed by atoms with Crippen LogP contribution in [0.15, 0.2) is 24.3 Å². The minimum absolute atomic E-state index is 0.0352. The molecule has 0 saturated heterocycles. The molecule has 2 atom stereocenters. The number of methoxy groups -OCH3 is 2. The van der Waals surface area contributed by atoms with Gasteiger partial charge in [0, 0.05) is 14.2 Å². The lowest BCUT2D eigenvalue weighted by molar-refractivity contribution is -0.126. The topological polar surface area (TPSA) is 76.7 Å². The molecule has 0 saturated carbocycles. The molecule has 0 aliphatic rings. The molecule has 2 unspecified atom stereocenters. The normalized spacial score (nSPS) is 13.3. The average Bonchev–Trinajstić information content (AvgIpc) is 2.47. The summed E-state index contributed by atoms with van der Waals surface area (Å²) in [4.78, 5) is 23.1. The molecule has 1 aromatic rings. The van der Waals surface area contributed by atoms with Crippen LogP contribution in [0.1, 0.15) is 37.1 Å². The van der Waals surface area contributed by atoms with E-state index < -0.39 is 0 Å². The number of carbonyl (C=O) groups excluding carboxylic acids is 2. The zero-order chi connectivity index (χ0) is 16.5. The fourth-order valence-corrected chi connectivity index (χ4v) is 2.09. The Labute approximate surface area is 131 Å². The number of nitrogens with one attached hydrogen (secondary N) is 2. The van der Waals surface area contributed by atoms with Gasteiger partial charge in [0.25, 0.3) is 0 Å². The molecule has 6 heteroatoms. The predicted molar refractivity (Wildman–Crippen MR) is 83.3 cm³/mol. The second-order valence-electron chi connectivity index (χ2n) is 5.11. The highest BCUT2D eigenvalue weighted by Crippen LogP contribution is 2.19. The molecule has 1 rings (SSSR count). The molecule has 122 valence electrons. The Morgan fingerprint density at radius 2 is 1.36 bits per heavy atom. The Morgan fingerprint density at radius 1 is 0.955 bits per heavy atom. The molecule has 0 aromatic heterocycles. The Bertz CT molecular complexity index is 463. The van der Waals surface area contributed by atoms with Crippen LogP contribution in [-0.2, 0) is 19.1 Å². The molecule has 2 N–H and O–H groups in total. The second kappa shape index (κ2) is 9.17. The molecular formula is C16H24N2O4. The van der Waals surface area contributed by atoms with E-state index in [0.717, 1.165) is 11.1 Å². The number of hydrogen-bond donors (Lipinski definition) is 2. The summed E-state index contributed by atoms with van der Waals surface area (Å²) < 4.78 is 9.60. The first-order valence-corrected chi connectivity index (χ1v) is 7.14. The van der Waals surface area contributed by atoms with Crippen LogP contribution in [0.3, 0.4) is 0 Å². The smallest absolute Gasteiger partial charge is 0.246 e. The van der Waals surface area contributed by atoms with Gasteiger partial charge < -0.3 is 20.1 Å². The fraction of sp³-hybridized carbons (Fsp3) is 0.500. The van der Waals surface area contributed by atoms with E-state index in [1.165, 1.54) is 14.2 Å². The molecule has 0 spiro atoms. The maximum absolute atomic E-state index is 11.6. The van der Waals surface area contributed by atoms with Crippen LogP contribution >= 0.6 is 0 Å². The summed E-state index contributed by atoms with van der Waals surface area (Å²) in [6.07, 6.45) is 0. The quantitative estimate of drug-likeness (QED) is 0.760. The Hall–Kier alpha value is -1.92. The highest BCUT2D eigenvalue weighted by molar-refractivity contribution is 5.78. The van der Waals surface area contributed by atoms with Crippen molar-refractivity contribution in [3.63, 3.8) is 0 Å². The van der Waals surface area contributed by atoms with Crippen molar-refractivity contribution in [2.75, 3.05) is 27.4 Å². The molecule has 2 amide bonds. The predicted octanol–water partition coefficient (Wildman–Crippen LogP) is 1.33. The summed E-state index contributed by atoms with van der Waals surface area (Å²) in [6, 6.07) is 7.47. The van der Waals surface area contributed by atoms with E-state index >= 15 is 0 Å². The number of benzene rings is 1. The first-order valence-electron chi connectivity index (χ1n) is 7.14. The largest absolute Gasteiger partial charge is 0.375 e. The van der Waals surface area contributed by atoms with Crippen LogP contribution < -0.4 is 10.6 Å². The lowest BCUT2D eigenvalue weighted by Crippen LogP contribution is -2.31. The number of rotatable bonds is 8. The molecule has 0 aliphatic heterocycles. The van der Waals surface area contributed by atoms with Crippen LogP contribution in [0.25, 0.3) is 0 Å². The molecule has 0 aliphatic carbocycles. The molecular weight excluding hydrogens is 284 g/mol. The van der Waals surface area contributed by atoms with Crippen molar-refractivity contribution in [1.29, 1.82) is 0 Å². The highest BCUT2D eigenvalue weighted by atomic mass is 16.5. The van der Waals surface area contributed by atoms with Crippen LogP contribution in [0.5, 0.6) is 0 Å². The van der Waals surface area contributed by atoms with Crippen molar-refractivity contribution in [2.45, 2.75) is 25.9 Å². The van der Waals surface area contributed by atoms with Crippen molar-refractivity contribution < 1.29 is 19.1 Å². The second-order valence-corrected chi connectivity index (χ2v) is 5.11. The summed E-state index contributed by atoms with van der Waals surface area (Å²) in [7, 11) is 2.96. The lowest BCUT2D eigenvalue weighted by Gasteiger charge is -2.18. The van der Waals surface area contributed by atoms with Crippen LogP contribution in [-0.4, -0.2) is 39.2 Å². The van der Waals surface area contributed by atoms with Gasteiger partial charge in [-0.1, -0.05) is 24.3 Å². The van der Waals surface area contributed by atoms with E-state index in [4.69, 9.17) is 9.47 Å². The molecule has 0 heterocycles. The third-order valence-electron chi connectivity index (χ3n) is 3.22. The monoisotopic (exact) mass is 308 g/mol. The van der Waals surface area contributed by atoms with Crippen molar-refractivity contribution in [3.8, 4) is 0 Å². The van der Waals surface area contributed by atoms with Gasteiger partial charge in [-0.2, -0.15) is 0 Å². The van der Waals surface area contributed by atoms with E-state index in [-0.39, 0.29) is 37.1 Å². The van der Waals surface area contributed by atoms with Gasteiger partial charge in [-0.15, -0.1) is 0 Å². The first kappa shape index (κ1) is 18.1. The molecule has 0 fully saturated rings. The molecule has 22 heavy (non-hydrogen) atoms. The van der Waals surface area contributed by atoms with Gasteiger partial charge >= 0.3 is 0 Å². The summed E-state index contributed by atoms with van der Waals surface area (Å²) in [5.41, 5.74) is 1.93. The van der Waals surface area contributed by atoms with Gasteiger partial charge in [0.1, 0.15) is 13.2 Å². The van der Waals surface area contributed by atoms with E-state index in [9.17, 15) is 9.59 Å². The maximum atomic E-state index is 11.6. The van der Waals surface area contributed by atoms with E-state index in [2.05, 4.69) is 10.6 Å². The van der Waals surface area contributed by atoms with Crippen molar-refractivity contribution in [2.24, 2.45) is 0 Å². The maximum Gasteiger partial charge on any atom is 0.246 e. The van der Waals surface area contributed by atoms with E-state index in [1.807, 2.05) is 38.1 Å². The minimum atomic E-state index is -0.165. The summed E-state index contributed by atoms with van der Waals surface area (Å²) in [5.74, 6) is -0.330. The van der Waals surface area contributed by atoms with Gasteiger partial charge in [-0.3, -0.25) is 9.59 Å². The number of carbonyl (C=O) groups is 2. The number of hydrogen-bond acceptors (Lipinski definition) is 4. The van der Waals surface area contributed by atoms with Crippen molar-refractivity contribution >= 4 is 11.8 Å². The van der Waals surface area contributed by atoms with Gasteiger partial charge in [-0.05, 0) is 25.0 Å². The zero-order valence-corrected chi connectivity index (χ0v) is 13.5. The molecule has 0 radical (unpaired) electrons. The lowest BCUT2D eigenvalue weighted by atomic mass is 10.0. The van der Waals surface area contributed by atoms with Crippen molar-refractivity contribution in [1.82, 2.24) is 10.6 Å². The fourth-order valence-electron chi connectivity index (χ4n) is 2.09. The Morgan fingerprint density at radius 3 is 1.73 bits per heavy atom. The standard InChI is InChI=1S/C16H24N2O4/c1-11(17-15(19)9-21-3)13-6-5-7-14(8-13)12(2)18-16(20)10-22-4/h5-8,11-12H,9-10H2,1-4H3,(H,17,19)(H,18,20). The number of amides is 2. The van der Waals surface area contributed by atoms with Crippen LogP contribution in [0.4, 0.5) is 0 Å². The molecule has 0 bridgehead atoms.